The third-order valence-electron chi connectivity index (χ3n) is 5.64. The first-order valence-electron chi connectivity index (χ1n) is 8.79. The molecule has 3 rings (SSSR count). The Bertz CT molecular complexity index is 716. The van der Waals surface area contributed by atoms with E-state index in [9.17, 15) is 0 Å². The van der Waals surface area contributed by atoms with Gasteiger partial charge in [-0.15, -0.1) is 0 Å². The van der Waals surface area contributed by atoms with Gasteiger partial charge in [-0.05, 0) is 0 Å². The summed E-state index contributed by atoms with van der Waals surface area (Å²) in [7, 11) is 0. The molecule has 27 heavy (non-hydrogen) atoms. The van der Waals surface area contributed by atoms with Crippen molar-refractivity contribution in [1.29, 1.82) is 0 Å². The third-order valence-corrected chi connectivity index (χ3v) is 6.91. The van der Waals surface area contributed by atoms with Crippen LogP contribution in [0.2, 0.25) is 3.72 Å². The van der Waals surface area contributed by atoms with Gasteiger partial charge in [0.05, 0.1) is 0 Å². The van der Waals surface area contributed by atoms with Crippen LogP contribution in [0.5, 0.6) is 0 Å². The molecule has 4 heteroatoms. The smallest absolute Gasteiger partial charge is 1.00 e. The van der Waals surface area contributed by atoms with Crippen molar-refractivity contribution in [2.75, 3.05) is 0 Å². The number of rotatable bonds is 5. The molecule has 0 N–H and O–H groups in total. The summed E-state index contributed by atoms with van der Waals surface area (Å²) in [4.78, 5) is 0. The van der Waals surface area contributed by atoms with Gasteiger partial charge in [0.25, 0.3) is 0 Å². The van der Waals surface area contributed by atoms with E-state index in [0.717, 1.165) is 0 Å². The third kappa shape index (κ3) is 4.92. The minimum Gasteiger partial charge on any atom is -1.00 e. The monoisotopic (exact) mass is 454 g/mol. The van der Waals surface area contributed by atoms with Crippen LogP contribution in [0.25, 0.3) is 0 Å². The van der Waals surface area contributed by atoms with Gasteiger partial charge in [0.15, 0.2) is 0 Å². The van der Waals surface area contributed by atoms with Gasteiger partial charge in [0, 0.05) is 0 Å². The van der Waals surface area contributed by atoms with Crippen LogP contribution in [0.4, 0.5) is 0 Å². The van der Waals surface area contributed by atoms with E-state index < -0.39 is 0 Å². The normalized spacial score (nSPS) is 19.2. The number of hydrogen-bond acceptors (Lipinski definition) is 0. The molecule has 0 saturated carbocycles. The van der Waals surface area contributed by atoms with Gasteiger partial charge in [-0.1, -0.05) is 0 Å². The van der Waals surface area contributed by atoms with Gasteiger partial charge in [0.2, 0.25) is 0 Å². The standard InChI is InChI=1S/C23H25.3ClH.Ti/c1-4-18(2)19-15-16-22(17-19)23(3,20-11-7-5-8-12-20)21-13-9-6-10-14-21;;;;/h5-18H,4H2,1-3H3;3*1H;/q;;;;+3/p-3. The quantitative estimate of drug-likeness (QED) is 0.429. The van der Waals surface area contributed by atoms with Crippen LogP contribution in [0.1, 0.15) is 38.3 Å². The van der Waals surface area contributed by atoms with Crippen molar-refractivity contribution in [2.45, 2.75) is 36.3 Å². The summed E-state index contributed by atoms with van der Waals surface area (Å²) in [5, 5.41) is 0. The van der Waals surface area contributed by atoms with Crippen LogP contribution in [0.3, 0.4) is 0 Å². The molecule has 0 radical (unpaired) electrons. The van der Waals surface area contributed by atoms with Gasteiger partial charge in [-0.25, -0.2) is 0 Å². The maximum atomic E-state index is 2.50. The molecule has 1 aliphatic rings. The predicted molar refractivity (Wildman–Crippen MR) is 98.7 cm³/mol. The summed E-state index contributed by atoms with van der Waals surface area (Å²) in [5.41, 5.74) is 4.11. The second-order valence-corrected chi connectivity index (χ2v) is 8.30. The molecule has 2 unspecified atom stereocenters. The first-order chi connectivity index (χ1) is 11.5. The first kappa shape index (κ1) is 26.5. The van der Waals surface area contributed by atoms with Crippen molar-refractivity contribution in [2.24, 2.45) is 5.92 Å². The average Bonchev–Trinajstić information content (AvgIpc) is 3.05. The van der Waals surface area contributed by atoms with Gasteiger partial charge >= 0.3 is 158 Å². The van der Waals surface area contributed by atoms with Crippen molar-refractivity contribution in [3.63, 3.8) is 0 Å². The fourth-order valence-corrected chi connectivity index (χ4v) is 4.47. The molecule has 0 amide bonds. The molecular weight excluding hydrogens is 430 g/mol. The maximum absolute atomic E-state index is 2.50. The van der Waals surface area contributed by atoms with Crippen molar-refractivity contribution in [3.05, 3.63) is 95.6 Å². The van der Waals surface area contributed by atoms with Crippen LogP contribution >= 0.6 is 0 Å². The summed E-state index contributed by atoms with van der Waals surface area (Å²) in [5.74, 6) is 0.610. The minimum absolute atomic E-state index is 0. The molecule has 2 aromatic carbocycles. The van der Waals surface area contributed by atoms with E-state index in [1.54, 1.807) is 0 Å². The topological polar surface area (TPSA) is 0 Å². The zero-order valence-corrected chi connectivity index (χ0v) is 19.8. The Morgan fingerprint density at radius 1 is 0.889 bits per heavy atom. The van der Waals surface area contributed by atoms with Gasteiger partial charge in [0.1, 0.15) is 0 Å². The SMILES string of the molecule is CCC(C)C1=C[C]([Ti+3])(C(C)(c2ccccc2)c2ccccc2)C=C1.[Cl-].[Cl-].[Cl-]. The van der Waals surface area contributed by atoms with Crippen molar-refractivity contribution in [1.82, 2.24) is 0 Å². The van der Waals surface area contributed by atoms with E-state index in [-0.39, 0.29) is 46.4 Å². The molecule has 142 valence electrons. The van der Waals surface area contributed by atoms with E-state index in [4.69, 9.17) is 0 Å². The second-order valence-electron chi connectivity index (χ2n) is 7.01. The van der Waals surface area contributed by atoms with E-state index in [1.165, 1.54) is 23.1 Å². The van der Waals surface area contributed by atoms with E-state index in [1.807, 2.05) is 0 Å². The van der Waals surface area contributed by atoms with E-state index in [2.05, 4.69) is 120 Å². The Morgan fingerprint density at radius 2 is 1.33 bits per heavy atom. The van der Waals surface area contributed by atoms with Crippen LogP contribution in [-0.2, 0) is 25.9 Å². The van der Waals surface area contributed by atoms with E-state index >= 15 is 0 Å². The molecule has 0 saturated heterocycles. The van der Waals surface area contributed by atoms with Gasteiger partial charge in [-0.2, -0.15) is 0 Å². The number of halogens is 3. The molecule has 0 aromatic heterocycles. The Hall–Kier alpha value is -0.496. The molecule has 0 nitrogen and oxygen atoms in total. The molecular formula is C23H25Cl3Ti. The molecule has 0 heterocycles. The molecule has 0 spiro atoms. The van der Waals surface area contributed by atoms with Crippen LogP contribution in [0.15, 0.2) is 84.5 Å². The largest absolute Gasteiger partial charge is 1.00 e. The first-order valence-corrected chi connectivity index (χ1v) is 9.57. The van der Waals surface area contributed by atoms with Crippen LogP contribution in [-0.4, -0.2) is 0 Å². The average molecular weight is 456 g/mol. The molecule has 2 atom stereocenters. The van der Waals surface area contributed by atoms with Gasteiger partial charge < -0.3 is 37.2 Å². The molecule has 0 bridgehead atoms. The zero-order valence-electron chi connectivity index (χ0n) is 15.9. The fraction of sp³-hybridized carbons (Fsp3) is 0.304. The summed E-state index contributed by atoms with van der Waals surface area (Å²) >= 11 is 2.37. The zero-order chi connectivity index (χ0) is 17.2. The summed E-state index contributed by atoms with van der Waals surface area (Å²) in [6.07, 6.45) is 8.44. The molecule has 2 aromatic rings. The predicted octanol–water partition coefficient (Wildman–Crippen LogP) is -2.75. The van der Waals surface area contributed by atoms with Crippen molar-refractivity contribution >= 4 is 0 Å². The molecule has 0 fully saturated rings. The Morgan fingerprint density at radius 3 is 1.74 bits per heavy atom. The second kappa shape index (κ2) is 10.9. The van der Waals surface area contributed by atoms with Crippen molar-refractivity contribution < 1.29 is 57.7 Å². The van der Waals surface area contributed by atoms with Gasteiger partial charge in [-0.3, -0.25) is 0 Å². The minimum atomic E-state index is -0.0960. The summed E-state index contributed by atoms with van der Waals surface area (Å²) in [6.45, 7) is 6.98. The number of allylic oxidation sites excluding steroid dienone is 4. The maximum Gasteiger partial charge on any atom is -1.00 e. The Balaban J connectivity index is 0.00000225. The molecule has 0 aliphatic heterocycles. The Labute approximate surface area is 194 Å². The summed E-state index contributed by atoms with van der Waals surface area (Å²) < 4.78 is -0.0333. The molecule has 1 aliphatic carbocycles. The van der Waals surface area contributed by atoms with Crippen LogP contribution in [0, 0.1) is 5.92 Å². The number of benzene rings is 2. The van der Waals surface area contributed by atoms with Crippen LogP contribution < -0.4 is 37.2 Å². The fourth-order valence-electron chi connectivity index (χ4n) is 3.63. The summed E-state index contributed by atoms with van der Waals surface area (Å²) in [6, 6.07) is 21.9. The van der Waals surface area contributed by atoms with E-state index in [0.29, 0.717) is 5.92 Å². The Kier molecular flexibility index (Phi) is 10.7. The number of hydrogen-bond donors (Lipinski definition) is 0. The van der Waals surface area contributed by atoms with Crippen molar-refractivity contribution in [3.8, 4) is 0 Å².